The Morgan fingerprint density at radius 3 is 2.25 bits per heavy atom. The molecule has 0 bridgehead atoms. The maximum absolute atomic E-state index is 14.0. The molecule has 1 fully saturated rings. The molecule has 1 unspecified atom stereocenters. The molecule has 0 aliphatic heterocycles. The molecule has 0 radical (unpaired) electrons. The van der Waals surface area contributed by atoms with Crippen molar-refractivity contribution in [2.75, 3.05) is 10.8 Å². The second-order valence-corrected chi connectivity index (χ2v) is 13.4. The van der Waals surface area contributed by atoms with Crippen molar-refractivity contribution in [3.05, 3.63) is 92.9 Å². The Morgan fingerprint density at radius 1 is 0.975 bits per heavy atom. The number of carbonyl (C=O) groups excluding carboxylic acids is 2. The molecule has 1 aliphatic carbocycles. The van der Waals surface area contributed by atoms with Gasteiger partial charge < -0.3 is 10.2 Å². The van der Waals surface area contributed by atoms with Gasteiger partial charge in [0.2, 0.25) is 11.8 Å². The molecule has 0 saturated heterocycles. The van der Waals surface area contributed by atoms with Crippen LogP contribution in [-0.2, 0) is 26.2 Å². The standard InChI is InChI=1S/C29H30BrCl2N3O4S/c1-20(29(37)33-25-10-5-6-11-25)34(18-21-8-7-9-22(30)14-21)28(36)19-35(26-16-23(31)15-24(32)17-26)40(38,39)27-12-3-2-4-13-27/h2-4,7-9,12-17,20,25H,5-6,10-11,18-19H2,1H3,(H,33,37). The predicted molar refractivity (Wildman–Crippen MR) is 162 cm³/mol. The molecule has 1 saturated carbocycles. The van der Waals surface area contributed by atoms with Crippen molar-refractivity contribution in [2.24, 2.45) is 0 Å². The molecular weight excluding hydrogens is 637 g/mol. The molecule has 3 aromatic rings. The highest BCUT2D eigenvalue weighted by molar-refractivity contribution is 9.10. The molecular formula is C29H30BrCl2N3O4S. The van der Waals surface area contributed by atoms with Crippen LogP contribution in [0.5, 0.6) is 0 Å². The lowest BCUT2D eigenvalue weighted by Crippen LogP contribution is -2.52. The van der Waals surface area contributed by atoms with Crippen LogP contribution in [0.15, 0.2) is 82.2 Å². The smallest absolute Gasteiger partial charge is 0.264 e. The molecule has 1 atom stereocenters. The Bertz CT molecular complexity index is 1450. The number of nitrogens with zero attached hydrogens (tertiary/aromatic N) is 2. The van der Waals surface area contributed by atoms with Crippen molar-refractivity contribution < 1.29 is 18.0 Å². The summed E-state index contributed by atoms with van der Waals surface area (Å²) in [6.45, 7) is 1.20. The highest BCUT2D eigenvalue weighted by atomic mass is 79.9. The van der Waals surface area contributed by atoms with Gasteiger partial charge in [-0.3, -0.25) is 13.9 Å². The summed E-state index contributed by atoms with van der Waals surface area (Å²) in [6.07, 6.45) is 3.90. The Balaban J connectivity index is 1.70. The van der Waals surface area contributed by atoms with Gasteiger partial charge in [0.1, 0.15) is 12.6 Å². The molecule has 40 heavy (non-hydrogen) atoms. The number of amides is 2. The van der Waals surface area contributed by atoms with Crippen LogP contribution in [0.4, 0.5) is 5.69 Å². The van der Waals surface area contributed by atoms with Gasteiger partial charge in [-0.05, 0) is 67.8 Å². The molecule has 1 aliphatic rings. The second kappa shape index (κ2) is 13.4. The predicted octanol–water partition coefficient (Wildman–Crippen LogP) is 6.43. The quantitative estimate of drug-likeness (QED) is 0.270. The van der Waals surface area contributed by atoms with Crippen LogP contribution >= 0.6 is 39.1 Å². The van der Waals surface area contributed by atoms with Crippen LogP contribution in [0.2, 0.25) is 10.0 Å². The van der Waals surface area contributed by atoms with Crippen LogP contribution < -0.4 is 9.62 Å². The normalized spacial score (nSPS) is 14.5. The van der Waals surface area contributed by atoms with E-state index in [2.05, 4.69) is 21.2 Å². The van der Waals surface area contributed by atoms with E-state index in [9.17, 15) is 18.0 Å². The number of halogens is 3. The van der Waals surface area contributed by atoms with Gasteiger partial charge in [0.15, 0.2) is 0 Å². The first kappa shape index (κ1) is 30.4. The van der Waals surface area contributed by atoms with E-state index >= 15 is 0 Å². The fourth-order valence-corrected chi connectivity index (χ4v) is 7.12. The molecule has 212 valence electrons. The number of carbonyl (C=O) groups is 2. The fourth-order valence-electron chi connectivity index (χ4n) is 4.74. The van der Waals surface area contributed by atoms with Crippen LogP contribution in [-0.4, -0.2) is 43.8 Å². The molecule has 2 amide bonds. The van der Waals surface area contributed by atoms with Gasteiger partial charge in [-0.15, -0.1) is 0 Å². The van der Waals surface area contributed by atoms with Gasteiger partial charge in [0.05, 0.1) is 10.6 Å². The first-order valence-corrected chi connectivity index (χ1v) is 15.9. The van der Waals surface area contributed by atoms with Gasteiger partial charge in [-0.2, -0.15) is 0 Å². The summed E-state index contributed by atoms with van der Waals surface area (Å²) in [5, 5.41) is 3.50. The van der Waals surface area contributed by atoms with E-state index in [1.54, 1.807) is 25.1 Å². The summed E-state index contributed by atoms with van der Waals surface area (Å²) < 4.78 is 29.5. The average Bonchev–Trinajstić information content (AvgIpc) is 3.42. The van der Waals surface area contributed by atoms with Crippen molar-refractivity contribution in [2.45, 2.75) is 56.1 Å². The van der Waals surface area contributed by atoms with E-state index in [0.29, 0.717) is 0 Å². The third-order valence-electron chi connectivity index (χ3n) is 6.86. The summed E-state index contributed by atoms with van der Waals surface area (Å²) in [5.74, 6) is -0.830. The SMILES string of the molecule is CC(C(=O)NC1CCCC1)N(Cc1cccc(Br)c1)C(=O)CN(c1cc(Cl)cc(Cl)c1)S(=O)(=O)c1ccccc1. The maximum Gasteiger partial charge on any atom is 0.264 e. The number of hydrogen-bond donors (Lipinski definition) is 1. The summed E-state index contributed by atoms with van der Waals surface area (Å²) in [5.41, 5.74) is 0.923. The maximum atomic E-state index is 14.0. The molecule has 3 aromatic carbocycles. The van der Waals surface area contributed by atoms with E-state index in [1.165, 1.54) is 35.2 Å². The number of benzene rings is 3. The van der Waals surface area contributed by atoms with Gasteiger partial charge in [-0.25, -0.2) is 8.42 Å². The fraction of sp³-hybridized carbons (Fsp3) is 0.310. The van der Waals surface area contributed by atoms with Gasteiger partial charge in [0.25, 0.3) is 10.0 Å². The van der Waals surface area contributed by atoms with E-state index in [0.717, 1.165) is 40.0 Å². The second-order valence-electron chi connectivity index (χ2n) is 9.77. The number of sulfonamides is 1. The van der Waals surface area contributed by atoms with Crippen LogP contribution in [0.3, 0.4) is 0 Å². The highest BCUT2D eigenvalue weighted by Gasteiger charge is 2.33. The zero-order valence-corrected chi connectivity index (χ0v) is 25.8. The average molecular weight is 667 g/mol. The Kier molecular flexibility index (Phi) is 10.2. The minimum absolute atomic E-state index is 0.00413. The summed E-state index contributed by atoms with van der Waals surface area (Å²) in [6, 6.07) is 18.8. The number of nitrogens with one attached hydrogen (secondary N) is 1. The first-order chi connectivity index (χ1) is 19.0. The lowest BCUT2D eigenvalue weighted by Gasteiger charge is -2.32. The van der Waals surface area contributed by atoms with Crippen molar-refractivity contribution in [1.82, 2.24) is 10.2 Å². The van der Waals surface area contributed by atoms with Crippen molar-refractivity contribution in [3.8, 4) is 0 Å². The molecule has 7 nitrogen and oxygen atoms in total. The van der Waals surface area contributed by atoms with Crippen LogP contribution in [0.1, 0.15) is 38.2 Å². The molecule has 0 heterocycles. The van der Waals surface area contributed by atoms with E-state index in [1.807, 2.05) is 24.3 Å². The summed E-state index contributed by atoms with van der Waals surface area (Å²) in [4.78, 5) is 28.7. The summed E-state index contributed by atoms with van der Waals surface area (Å²) in [7, 11) is -4.20. The molecule has 11 heteroatoms. The Morgan fingerprint density at radius 2 is 1.62 bits per heavy atom. The zero-order chi connectivity index (χ0) is 28.9. The third kappa shape index (κ3) is 7.57. The zero-order valence-electron chi connectivity index (χ0n) is 21.9. The number of rotatable bonds is 10. The number of hydrogen-bond acceptors (Lipinski definition) is 4. The van der Waals surface area contributed by atoms with Crippen molar-refractivity contribution in [3.63, 3.8) is 0 Å². The Hall–Kier alpha value is -2.59. The first-order valence-electron chi connectivity index (χ1n) is 12.9. The monoisotopic (exact) mass is 665 g/mol. The minimum atomic E-state index is -4.20. The van der Waals surface area contributed by atoms with Crippen molar-refractivity contribution >= 4 is 66.7 Å². The lowest BCUT2D eigenvalue weighted by atomic mass is 10.1. The highest BCUT2D eigenvalue weighted by Crippen LogP contribution is 2.30. The van der Waals surface area contributed by atoms with Gasteiger partial charge in [0, 0.05) is 27.1 Å². The molecule has 0 aromatic heterocycles. The lowest BCUT2D eigenvalue weighted by molar-refractivity contribution is -0.139. The molecule has 0 spiro atoms. The third-order valence-corrected chi connectivity index (χ3v) is 9.57. The van der Waals surface area contributed by atoms with E-state index < -0.39 is 28.5 Å². The van der Waals surface area contributed by atoms with E-state index in [-0.39, 0.29) is 39.1 Å². The van der Waals surface area contributed by atoms with Crippen molar-refractivity contribution in [1.29, 1.82) is 0 Å². The van der Waals surface area contributed by atoms with Crippen LogP contribution in [0, 0.1) is 0 Å². The molecule has 4 rings (SSSR count). The largest absolute Gasteiger partial charge is 0.352 e. The summed E-state index contributed by atoms with van der Waals surface area (Å²) >= 11 is 15.9. The molecule has 1 N–H and O–H groups in total. The van der Waals surface area contributed by atoms with E-state index in [4.69, 9.17) is 23.2 Å². The van der Waals surface area contributed by atoms with Gasteiger partial charge >= 0.3 is 0 Å². The number of anilines is 1. The minimum Gasteiger partial charge on any atom is -0.352 e. The van der Waals surface area contributed by atoms with Crippen LogP contribution in [0.25, 0.3) is 0 Å². The topological polar surface area (TPSA) is 86.8 Å². The van der Waals surface area contributed by atoms with Gasteiger partial charge in [-0.1, -0.05) is 82.3 Å². The Labute approximate surface area is 253 Å².